The molecule has 0 fully saturated rings. The number of alkyl carbamates (subject to hydrolysis) is 1. The number of hydrogen-bond donors (Lipinski definition) is 2. The summed E-state index contributed by atoms with van der Waals surface area (Å²) in [5.74, 6) is -1.21. The van der Waals surface area contributed by atoms with Crippen molar-refractivity contribution in [2.75, 3.05) is 6.61 Å². The van der Waals surface area contributed by atoms with Crippen molar-refractivity contribution in [2.24, 2.45) is 0 Å². The fourth-order valence-electron chi connectivity index (χ4n) is 4.09. The highest BCUT2D eigenvalue weighted by Gasteiger charge is 2.29. The minimum atomic E-state index is -1.12. The van der Waals surface area contributed by atoms with Gasteiger partial charge in [0.25, 0.3) is 0 Å². The number of ether oxygens (including phenoxy) is 1. The van der Waals surface area contributed by atoms with Gasteiger partial charge in [0.15, 0.2) is 0 Å². The summed E-state index contributed by atoms with van der Waals surface area (Å²) < 4.78 is 5.47. The Labute approximate surface area is 185 Å². The van der Waals surface area contributed by atoms with Crippen molar-refractivity contribution in [3.05, 3.63) is 94.0 Å². The van der Waals surface area contributed by atoms with Gasteiger partial charge in [-0.15, -0.1) is 0 Å². The number of carboxylic acids is 1. The lowest BCUT2D eigenvalue weighted by atomic mass is 9.98. The van der Waals surface area contributed by atoms with Crippen LogP contribution in [0.5, 0.6) is 0 Å². The highest BCUT2D eigenvalue weighted by molar-refractivity contribution is 6.30. The third kappa shape index (κ3) is 4.42. The number of carbonyl (C=O) groups is 2. The summed E-state index contributed by atoms with van der Waals surface area (Å²) in [4.78, 5) is 24.2. The monoisotopic (exact) mass is 435 g/mol. The first kappa shape index (κ1) is 20.9. The Kier molecular flexibility index (Phi) is 5.96. The van der Waals surface area contributed by atoms with Crippen molar-refractivity contribution in [3.8, 4) is 11.1 Å². The summed E-state index contributed by atoms with van der Waals surface area (Å²) in [6.07, 6.45) is -0.608. The Bertz CT molecular complexity index is 1100. The van der Waals surface area contributed by atoms with Gasteiger partial charge in [0.2, 0.25) is 0 Å². The summed E-state index contributed by atoms with van der Waals surface area (Å²) in [5, 5.41) is 12.6. The number of benzene rings is 3. The van der Waals surface area contributed by atoms with Crippen molar-refractivity contribution in [1.29, 1.82) is 0 Å². The second-order valence-electron chi connectivity index (χ2n) is 7.64. The van der Waals surface area contributed by atoms with Crippen LogP contribution in [0.15, 0.2) is 66.7 Å². The summed E-state index contributed by atoms with van der Waals surface area (Å²) in [5.41, 5.74) is 6.14. The highest BCUT2D eigenvalue weighted by atomic mass is 35.5. The quantitative estimate of drug-likeness (QED) is 0.559. The van der Waals surface area contributed by atoms with E-state index < -0.39 is 18.1 Å². The van der Waals surface area contributed by atoms with E-state index in [0.29, 0.717) is 5.02 Å². The first-order valence-corrected chi connectivity index (χ1v) is 10.4. The lowest BCUT2D eigenvalue weighted by molar-refractivity contribution is -0.139. The third-order valence-electron chi connectivity index (χ3n) is 5.66. The van der Waals surface area contributed by atoms with Gasteiger partial charge in [0.05, 0.1) is 0 Å². The second-order valence-corrected chi connectivity index (χ2v) is 8.07. The third-order valence-corrected chi connectivity index (χ3v) is 5.90. The summed E-state index contributed by atoms with van der Waals surface area (Å²) in [6.45, 7) is 1.99. The predicted octanol–water partition coefficient (Wildman–Crippen LogP) is 5.18. The van der Waals surface area contributed by atoms with Gasteiger partial charge in [-0.05, 0) is 52.4 Å². The zero-order valence-corrected chi connectivity index (χ0v) is 17.7. The van der Waals surface area contributed by atoms with E-state index >= 15 is 0 Å². The SMILES string of the molecule is Cc1cc(Cl)ccc1C[C@H](NC(=O)OCC1c2ccccc2-c2ccccc21)C(=O)O. The van der Waals surface area contributed by atoms with Crippen LogP contribution in [-0.2, 0) is 16.0 Å². The van der Waals surface area contributed by atoms with Crippen LogP contribution >= 0.6 is 11.6 Å². The zero-order chi connectivity index (χ0) is 22.0. The highest BCUT2D eigenvalue weighted by Crippen LogP contribution is 2.44. The maximum atomic E-state index is 12.5. The Morgan fingerprint density at radius 2 is 1.65 bits per heavy atom. The van der Waals surface area contributed by atoms with Gasteiger partial charge in [0, 0.05) is 17.4 Å². The van der Waals surface area contributed by atoms with Crippen molar-refractivity contribution in [1.82, 2.24) is 5.32 Å². The van der Waals surface area contributed by atoms with E-state index in [1.54, 1.807) is 18.2 Å². The van der Waals surface area contributed by atoms with E-state index in [0.717, 1.165) is 33.4 Å². The Morgan fingerprint density at radius 1 is 1.03 bits per heavy atom. The lowest BCUT2D eigenvalue weighted by Crippen LogP contribution is -2.43. The van der Waals surface area contributed by atoms with E-state index in [9.17, 15) is 14.7 Å². The van der Waals surface area contributed by atoms with Crippen LogP contribution in [0.3, 0.4) is 0 Å². The van der Waals surface area contributed by atoms with Gasteiger partial charge in [-0.3, -0.25) is 0 Å². The van der Waals surface area contributed by atoms with Crippen molar-refractivity contribution >= 4 is 23.7 Å². The molecule has 2 N–H and O–H groups in total. The molecular formula is C25H22ClNO4. The molecule has 158 valence electrons. The zero-order valence-electron chi connectivity index (χ0n) is 17.0. The number of nitrogens with one attached hydrogen (secondary N) is 1. The minimum Gasteiger partial charge on any atom is -0.480 e. The molecule has 0 radical (unpaired) electrons. The number of aryl methyl sites for hydroxylation is 1. The molecule has 1 aliphatic carbocycles. The molecule has 3 aromatic rings. The molecule has 1 amide bonds. The molecule has 6 heteroatoms. The number of carboxylic acid groups (broad SMARTS) is 1. The first-order chi connectivity index (χ1) is 14.9. The number of rotatable bonds is 6. The number of carbonyl (C=O) groups excluding carboxylic acids is 1. The normalized spacial score (nSPS) is 13.2. The van der Waals surface area contributed by atoms with Crippen LogP contribution in [0.2, 0.25) is 5.02 Å². The molecule has 0 spiro atoms. The van der Waals surface area contributed by atoms with Crippen LogP contribution in [0, 0.1) is 6.92 Å². The van der Waals surface area contributed by atoms with Gasteiger partial charge in [-0.2, -0.15) is 0 Å². The maximum Gasteiger partial charge on any atom is 0.407 e. The molecule has 0 heterocycles. The predicted molar refractivity (Wildman–Crippen MR) is 120 cm³/mol. The van der Waals surface area contributed by atoms with E-state index in [4.69, 9.17) is 16.3 Å². The first-order valence-electron chi connectivity index (χ1n) is 10.0. The summed E-state index contributed by atoms with van der Waals surface area (Å²) in [7, 11) is 0. The number of halogens is 1. The molecule has 0 unspecified atom stereocenters. The molecule has 4 rings (SSSR count). The minimum absolute atomic E-state index is 0.0834. The van der Waals surface area contributed by atoms with Gasteiger partial charge in [-0.25, -0.2) is 9.59 Å². The maximum absolute atomic E-state index is 12.5. The molecule has 5 nitrogen and oxygen atoms in total. The molecule has 0 aliphatic heterocycles. The number of aliphatic carboxylic acids is 1. The van der Waals surface area contributed by atoms with E-state index in [1.807, 2.05) is 43.3 Å². The van der Waals surface area contributed by atoms with Crippen molar-refractivity contribution in [2.45, 2.75) is 25.3 Å². The molecular weight excluding hydrogens is 414 g/mol. The number of hydrogen-bond acceptors (Lipinski definition) is 3. The van der Waals surface area contributed by atoms with Gasteiger partial charge in [0.1, 0.15) is 12.6 Å². The van der Waals surface area contributed by atoms with Crippen LogP contribution in [-0.4, -0.2) is 29.8 Å². The topological polar surface area (TPSA) is 75.6 Å². The van der Waals surface area contributed by atoms with Crippen molar-refractivity contribution < 1.29 is 19.4 Å². The smallest absolute Gasteiger partial charge is 0.407 e. The van der Waals surface area contributed by atoms with Crippen LogP contribution in [0.4, 0.5) is 4.79 Å². The average Bonchev–Trinajstić information content (AvgIpc) is 3.07. The molecule has 1 atom stereocenters. The lowest BCUT2D eigenvalue weighted by Gasteiger charge is -2.18. The molecule has 1 aliphatic rings. The Balaban J connectivity index is 1.44. The van der Waals surface area contributed by atoms with Gasteiger partial charge in [-0.1, -0.05) is 66.2 Å². The van der Waals surface area contributed by atoms with Crippen LogP contribution in [0.1, 0.15) is 28.2 Å². The number of amides is 1. The molecule has 0 saturated heterocycles. The van der Waals surface area contributed by atoms with Gasteiger partial charge < -0.3 is 15.2 Å². The van der Waals surface area contributed by atoms with E-state index in [1.165, 1.54) is 0 Å². The van der Waals surface area contributed by atoms with Crippen LogP contribution < -0.4 is 5.32 Å². The summed E-state index contributed by atoms with van der Waals surface area (Å²) in [6, 6.07) is 20.2. The fourth-order valence-corrected chi connectivity index (χ4v) is 4.32. The fraction of sp³-hybridized carbons (Fsp3) is 0.200. The van der Waals surface area contributed by atoms with E-state index in [-0.39, 0.29) is 18.9 Å². The summed E-state index contributed by atoms with van der Waals surface area (Å²) >= 11 is 5.97. The Morgan fingerprint density at radius 3 is 2.23 bits per heavy atom. The van der Waals surface area contributed by atoms with Gasteiger partial charge >= 0.3 is 12.1 Å². The van der Waals surface area contributed by atoms with Crippen LogP contribution in [0.25, 0.3) is 11.1 Å². The average molecular weight is 436 g/mol. The molecule has 0 saturated carbocycles. The van der Waals surface area contributed by atoms with E-state index in [2.05, 4.69) is 17.4 Å². The molecule has 31 heavy (non-hydrogen) atoms. The second kappa shape index (κ2) is 8.82. The Hall–Kier alpha value is -3.31. The van der Waals surface area contributed by atoms with Crippen molar-refractivity contribution in [3.63, 3.8) is 0 Å². The largest absolute Gasteiger partial charge is 0.480 e. The molecule has 0 aromatic heterocycles. The molecule has 3 aromatic carbocycles. The number of fused-ring (bicyclic) bond motifs is 3. The molecule has 0 bridgehead atoms. The standard InChI is InChI=1S/C25H22ClNO4/c1-15-12-17(26)11-10-16(15)13-23(24(28)29)27-25(30)31-14-22-20-8-4-2-6-18(20)19-7-3-5-9-21(19)22/h2-12,22-23H,13-14H2,1H3,(H,27,30)(H,28,29)/t23-/m0/s1.